The Hall–Kier alpha value is -1.28. The normalized spacial score (nSPS) is 28.4. The number of piperidine rings is 1. The van der Waals surface area contributed by atoms with Gasteiger partial charge in [-0.15, -0.1) is 11.8 Å². The molecule has 3 atom stereocenters. The predicted octanol–water partition coefficient (Wildman–Crippen LogP) is 0.795. The lowest BCUT2D eigenvalue weighted by molar-refractivity contribution is -0.144. The molecule has 0 aliphatic carbocycles. The fraction of sp³-hybridized carbons (Fsp3) is 0.842. The van der Waals surface area contributed by atoms with Gasteiger partial charge in [0, 0.05) is 31.8 Å². The van der Waals surface area contributed by atoms with Crippen molar-refractivity contribution in [1.29, 1.82) is 0 Å². The average Bonchev–Trinajstić information content (AvgIpc) is 3.37. The molecule has 3 unspecified atom stereocenters. The molecule has 3 rings (SSSR count). The van der Waals surface area contributed by atoms with E-state index in [1.54, 1.807) is 16.7 Å². The molecule has 152 valence electrons. The van der Waals surface area contributed by atoms with Gasteiger partial charge in [0.2, 0.25) is 17.7 Å². The van der Waals surface area contributed by atoms with Crippen LogP contribution in [0, 0.1) is 5.92 Å². The molecule has 7 nitrogen and oxygen atoms in total. The summed E-state index contributed by atoms with van der Waals surface area (Å²) in [4.78, 5) is 41.2. The summed E-state index contributed by atoms with van der Waals surface area (Å²) >= 11 is 1.66. The number of rotatable bonds is 6. The van der Waals surface area contributed by atoms with Crippen LogP contribution in [0.1, 0.15) is 45.4 Å². The van der Waals surface area contributed by atoms with Gasteiger partial charge in [0.05, 0.1) is 11.9 Å². The van der Waals surface area contributed by atoms with Gasteiger partial charge in [0.1, 0.15) is 6.04 Å². The third kappa shape index (κ3) is 5.16. The Balaban J connectivity index is 1.50. The second-order valence-corrected chi connectivity index (χ2v) is 8.82. The second kappa shape index (κ2) is 9.78. The third-order valence-corrected chi connectivity index (χ3v) is 6.74. The lowest BCUT2D eigenvalue weighted by Crippen LogP contribution is -2.53. The average molecular weight is 397 g/mol. The summed E-state index contributed by atoms with van der Waals surface area (Å²) in [6, 6.07) is -0.370. The van der Waals surface area contributed by atoms with Crippen molar-refractivity contribution in [2.24, 2.45) is 5.92 Å². The largest absolute Gasteiger partial charge is 0.354 e. The molecule has 0 aromatic carbocycles. The van der Waals surface area contributed by atoms with Crippen LogP contribution in [0.2, 0.25) is 0 Å². The molecule has 2 N–H and O–H groups in total. The Kier molecular flexibility index (Phi) is 7.41. The number of nitrogens with zero attached hydrogens (tertiary/aromatic N) is 2. The van der Waals surface area contributed by atoms with Gasteiger partial charge in [-0.25, -0.2) is 0 Å². The summed E-state index contributed by atoms with van der Waals surface area (Å²) in [6.45, 7) is 4.95. The zero-order valence-electron chi connectivity index (χ0n) is 16.2. The first kappa shape index (κ1) is 20.5. The van der Waals surface area contributed by atoms with E-state index in [2.05, 4.69) is 10.6 Å². The molecule has 0 aromatic rings. The molecule has 8 heteroatoms. The highest BCUT2D eigenvalue weighted by Gasteiger charge is 2.38. The number of nitrogens with one attached hydrogen (secondary N) is 2. The van der Waals surface area contributed by atoms with Crippen LogP contribution in [0.15, 0.2) is 0 Å². The number of likely N-dealkylation sites (tertiary alicyclic amines) is 1. The summed E-state index contributed by atoms with van der Waals surface area (Å²) in [5, 5.41) is 6.28. The van der Waals surface area contributed by atoms with E-state index in [1.807, 2.05) is 11.8 Å². The number of thioether (sulfide) groups is 1. The van der Waals surface area contributed by atoms with Gasteiger partial charge in [0.25, 0.3) is 0 Å². The fourth-order valence-electron chi connectivity index (χ4n) is 4.17. The van der Waals surface area contributed by atoms with Crippen LogP contribution in [0.25, 0.3) is 0 Å². The van der Waals surface area contributed by atoms with Crippen molar-refractivity contribution in [3.63, 3.8) is 0 Å². The van der Waals surface area contributed by atoms with Crippen molar-refractivity contribution in [2.75, 3.05) is 37.8 Å². The Morgan fingerprint density at radius 3 is 2.81 bits per heavy atom. The maximum absolute atomic E-state index is 13.0. The van der Waals surface area contributed by atoms with Gasteiger partial charge < -0.3 is 20.4 Å². The van der Waals surface area contributed by atoms with E-state index in [0.29, 0.717) is 37.1 Å². The third-order valence-electron chi connectivity index (χ3n) is 5.72. The van der Waals surface area contributed by atoms with Crippen molar-refractivity contribution in [2.45, 2.75) is 57.5 Å². The Bertz CT molecular complexity index is 553. The Morgan fingerprint density at radius 2 is 2.07 bits per heavy atom. The van der Waals surface area contributed by atoms with E-state index in [-0.39, 0.29) is 29.8 Å². The van der Waals surface area contributed by atoms with E-state index < -0.39 is 0 Å². The van der Waals surface area contributed by atoms with Crippen molar-refractivity contribution < 1.29 is 14.4 Å². The molecule has 27 heavy (non-hydrogen) atoms. The fourth-order valence-corrected chi connectivity index (χ4v) is 5.34. The number of carbonyl (C=O) groups excluding carboxylic acids is 3. The highest BCUT2D eigenvalue weighted by atomic mass is 32.2. The Labute approximate surface area is 166 Å². The van der Waals surface area contributed by atoms with Crippen molar-refractivity contribution in [1.82, 2.24) is 20.4 Å². The zero-order valence-corrected chi connectivity index (χ0v) is 17.1. The highest BCUT2D eigenvalue weighted by molar-refractivity contribution is 7.99. The quantitative estimate of drug-likeness (QED) is 0.694. The van der Waals surface area contributed by atoms with E-state index in [4.69, 9.17) is 0 Å². The van der Waals surface area contributed by atoms with Gasteiger partial charge in [0.15, 0.2) is 0 Å². The van der Waals surface area contributed by atoms with Crippen LogP contribution in [0.4, 0.5) is 0 Å². The summed E-state index contributed by atoms with van der Waals surface area (Å²) in [6.07, 6.45) is 5.26. The summed E-state index contributed by atoms with van der Waals surface area (Å²) < 4.78 is 0. The summed E-state index contributed by atoms with van der Waals surface area (Å²) in [5.41, 5.74) is 0. The monoisotopic (exact) mass is 396 g/mol. The lowest BCUT2D eigenvalue weighted by Gasteiger charge is -2.36. The van der Waals surface area contributed by atoms with Crippen molar-refractivity contribution >= 4 is 29.5 Å². The number of hydrogen-bond donors (Lipinski definition) is 2. The van der Waals surface area contributed by atoms with Gasteiger partial charge in [-0.05, 0) is 44.6 Å². The molecule has 0 spiro atoms. The molecule has 0 saturated carbocycles. The molecular formula is C19H32N4O3S. The van der Waals surface area contributed by atoms with Gasteiger partial charge in [-0.3, -0.25) is 14.4 Å². The van der Waals surface area contributed by atoms with E-state index in [0.717, 1.165) is 45.2 Å². The summed E-state index contributed by atoms with van der Waals surface area (Å²) in [7, 11) is 0. The molecule has 3 heterocycles. The first-order valence-corrected chi connectivity index (χ1v) is 11.4. The molecule has 3 saturated heterocycles. The molecular weight excluding hydrogens is 364 g/mol. The first-order valence-electron chi connectivity index (χ1n) is 10.3. The van der Waals surface area contributed by atoms with Crippen LogP contribution in [-0.2, 0) is 14.4 Å². The topological polar surface area (TPSA) is 81.8 Å². The smallest absolute Gasteiger partial charge is 0.246 e. The number of carbonyl (C=O) groups is 3. The van der Waals surface area contributed by atoms with Crippen LogP contribution in [0.3, 0.4) is 0 Å². The van der Waals surface area contributed by atoms with Crippen LogP contribution >= 0.6 is 11.8 Å². The first-order chi connectivity index (χ1) is 13.1. The van der Waals surface area contributed by atoms with Crippen molar-refractivity contribution in [3.8, 4) is 0 Å². The van der Waals surface area contributed by atoms with E-state index >= 15 is 0 Å². The van der Waals surface area contributed by atoms with Crippen molar-refractivity contribution in [3.05, 3.63) is 0 Å². The molecule has 3 aliphatic heterocycles. The predicted molar refractivity (Wildman–Crippen MR) is 106 cm³/mol. The van der Waals surface area contributed by atoms with Gasteiger partial charge in [-0.2, -0.15) is 0 Å². The minimum Gasteiger partial charge on any atom is -0.354 e. The van der Waals surface area contributed by atoms with Crippen LogP contribution < -0.4 is 10.6 Å². The lowest BCUT2D eigenvalue weighted by atomic mass is 9.97. The van der Waals surface area contributed by atoms with E-state index in [9.17, 15) is 14.4 Å². The Morgan fingerprint density at radius 1 is 1.22 bits per heavy atom. The molecule has 0 aromatic heterocycles. The van der Waals surface area contributed by atoms with Gasteiger partial charge >= 0.3 is 0 Å². The minimum absolute atomic E-state index is 0.0556. The minimum atomic E-state index is -0.315. The molecule has 3 aliphatic rings. The number of amides is 3. The number of hydrogen-bond acceptors (Lipinski definition) is 5. The van der Waals surface area contributed by atoms with Gasteiger partial charge in [-0.1, -0.05) is 6.92 Å². The SMILES string of the molecule is CCCC(=O)N1CSCC1C(=O)N1CCCC(CNC(=O)C2CCCN2)C1. The standard InChI is InChI=1S/C19H32N4O3S/c1-2-5-17(24)23-13-27-12-16(23)19(26)22-9-4-6-14(11-22)10-21-18(25)15-7-3-8-20-15/h14-16,20H,2-13H2,1H3,(H,21,25). The maximum atomic E-state index is 13.0. The highest BCUT2D eigenvalue weighted by Crippen LogP contribution is 2.26. The molecule has 0 bridgehead atoms. The maximum Gasteiger partial charge on any atom is 0.246 e. The summed E-state index contributed by atoms with van der Waals surface area (Å²) in [5.74, 6) is 1.86. The van der Waals surface area contributed by atoms with E-state index in [1.165, 1.54) is 0 Å². The molecule has 3 fully saturated rings. The van der Waals surface area contributed by atoms with Crippen LogP contribution in [0.5, 0.6) is 0 Å². The molecule has 0 radical (unpaired) electrons. The zero-order chi connectivity index (χ0) is 19.2. The second-order valence-electron chi connectivity index (χ2n) is 7.82. The van der Waals surface area contributed by atoms with Crippen LogP contribution in [-0.4, -0.2) is 77.4 Å². The molecule has 3 amide bonds.